The Balaban J connectivity index is 2.30. The quantitative estimate of drug-likeness (QED) is 0.725. The van der Waals surface area contributed by atoms with Crippen molar-refractivity contribution in [3.05, 3.63) is 58.7 Å². The minimum Gasteiger partial charge on any atom is -0.507 e. The minimum atomic E-state index is -0.202. The maximum Gasteiger partial charge on any atom is 0.228 e. The van der Waals surface area contributed by atoms with E-state index in [2.05, 4.69) is 53.8 Å². The summed E-state index contributed by atoms with van der Waals surface area (Å²) in [5, 5.41) is 13.8. The number of benzene rings is 2. The van der Waals surface area contributed by atoms with Crippen LogP contribution in [0.3, 0.4) is 0 Å². The van der Waals surface area contributed by atoms with Gasteiger partial charge >= 0.3 is 0 Å². The van der Waals surface area contributed by atoms with Gasteiger partial charge < -0.3 is 10.4 Å². The van der Waals surface area contributed by atoms with Crippen LogP contribution in [-0.2, 0) is 28.5 Å². The van der Waals surface area contributed by atoms with Crippen LogP contribution in [0.5, 0.6) is 5.75 Å². The van der Waals surface area contributed by atoms with E-state index >= 15 is 0 Å². The van der Waals surface area contributed by atoms with E-state index in [1.165, 1.54) is 5.56 Å². The summed E-state index contributed by atoms with van der Waals surface area (Å²) in [6.45, 7) is 14.6. The zero-order valence-corrected chi connectivity index (χ0v) is 17.7. The number of hydrogen-bond donors (Lipinski definition) is 2. The highest BCUT2D eigenvalue weighted by molar-refractivity contribution is 5.92. The molecule has 0 saturated heterocycles. The number of hydrogen-bond acceptors (Lipinski definition) is 2. The van der Waals surface area contributed by atoms with Crippen LogP contribution in [0, 0.1) is 0 Å². The van der Waals surface area contributed by atoms with E-state index in [9.17, 15) is 9.90 Å². The summed E-state index contributed by atoms with van der Waals surface area (Å²) in [7, 11) is 0. The van der Waals surface area contributed by atoms with Crippen molar-refractivity contribution in [3.63, 3.8) is 0 Å². The Bertz CT molecular complexity index is 771. The Morgan fingerprint density at radius 2 is 1.37 bits per heavy atom. The van der Waals surface area contributed by atoms with Crippen molar-refractivity contribution in [1.29, 1.82) is 0 Å². The van der Waals surface area contributed by atoms with Crippen molar-refractivity contribution >= 4 is 11.6 Å². The van der Waals surface area contributed by atoms with Crippen LogP contribution in [0.15, 0.2) is 36.4 Å². The molecule has 0 aromatic heterocycles. The van der Waals surface area contributed by atoms with Crippen LogP contribution in [0.2, 0.25) is 0 Å². The highest BCUT2D eigenvalue weighted by Crippen LogP contribution is 2.39. The molecule has 0 unspecified atom stereocenters. The van der Waals surface area contributed by atoms with E-state index in [0.29, 0.717) is 5.75 Å². The first kappa shape index (κ1) is 21.0. The van der Waals surface area contributed by atoms with Crippen molar-refractivity contribution in [3.8, 4) is 5.75 Å². The van der Waals surface area contributed by atoms with Crippen LogP contribution in [0.1, 0.15) is 70.7 Å². The summed E-state index contributed by atoms with van der Waals surface area (Å²) in [5.41, 5.74) is 4.33. The zero-order chi connectivity index (χ0) is 20.4. The minimum absolute atomic E-state index is 0.0512. The summed E-state index contributed by atoms with van der Waals surface area (Å²) >= 11 is 0. The van der Waals surface area contributed by atoms with Gasteiger partial charge in [-0.15, -0.1) is 0 Å². The second kappa shape index (κ2) is 7.75. The fourth-order valence-electron chi connectivity index (χ4n) is 3.15. The summed E-state index contributed by atoms with van der Waals surface area (Å²) in [6, 6.07) is 11.9. The van der Waals surface area contributed by atoms with E-state index in [-0.39, 0.29) is 23.2 Å². The second-order valence-electron chi connectivity index (χ2n) is 9.31. The van der Waals surface area contributed by atoms with Gasteiger partial charge in [-0.25, -0.2) is 0 Å². The van der Waals surface area contributed by atoms with Gasteiger partial charge in [0.15, 0.2) is 0 Å². The summed E-state index contributed by atoms with van der Waals surface area (Å²) in [6.07, 6.45) is 1.26. The first-order valence-electron chi connectivity index (χ1n) is 9.67. The third kappa shape index (κ3) is 5.35. The second-order valence-corrected chi connectivity index (χ2v) is 9.31. The molecule has 0 aliphatic heterocycles. The van der Waals surface area contributed by atoms with Crippen LogP contribution in [-0.4, -0.2) is 11.0 Å². The highest BCUT2D eigenvalue weighted by Gasteiger charge is 2.26. The van der Waals surface area contributed by atoms with Gasteiger partial charge in [0.05, 0.1) is 6.42 Å². The van der Waals surface area contributed by atoms with Crippen molar-refractivity contribution in [2.45, 2.75) is 72.1 Å². The number of nitrogens with one attached hydrogen (secondary N) is 1. The van der Waals surface area contributed by atoms with E-state index in [1.807, 2.05) is 36.4 Å². The number of carbonyl (C=O) groups is 1. The fourth-order valence-corrected chi connectivity index (χ4v) is 3.15. The SMILES string of the molecule is CCc1ccc(NC(=O)Cc2cc(C(C)(C)C)c(O)c(C(C)(C)C)c2)cc1. The van der Waals surface area contributed by atoms with Gasteiger partial charge in [-0.3, -0.25) is 4.79 Å². The highest BCUT2D eigenvalue weighted by atomic mass is 16.3. The van der Waals surface area contributed by atoms with Gasteiger partial charge in [0, 0.05) is 5.69 Å². The van der Waals surface area contributed by atoms with Crippen molar-refractivity contribution in [1.82, 2.24) is 0 Å². The van der Waals surface area contributed by atoms with Gasteiger partial charge in [0.2, 0.25) is 5.91 Å². The molecule has 0 spiro atoms. The smallest absolute Gasteiger partial charge is 0.228 e. The molecule has 0 bridgehead atoms. The average molecular weight is 368 g/mol. The van der Waals surface area contributed by atoms with E-state index in [4.69, 9.17) is 0 Å². The van der Waals surface area contributed by atoms with Crippen molar-refractivity contribution in [2.75, 3.05) is 5.32 Å². The lowest BCUT2D eigenvalue weighted by Gasteiger charge is -2.28. The molecule has 3 heteroatoms. The molecule has 2 rings (SSSR count). The first-order valence-corrected chi connectivity index (χ1v) is 9.67. The molecule has 0 atom stereocenters. The Labute approximate surface area is 163 Å². The molecule has 0 radical (unpaired) electrons. The van der Waals surface area contributed by atoms with Crippen LogP contribution < -0.4 is 5.32 Å². The topological polar surface area (TPSA) is 49.3 Å². The molecule has 0 saturated carbocycles. The third-order valence-corrected chi connectivity index (χ3v) is 4.80. The molecular formula is C24H33NO2. The van der Waals surface area contributed by atoms with E-state index < -0.39 is 0 Å². The first-order chi connectivity index (χ1) is 12.4. The van der Waals surface area contributed by atoms with Crippen LogP contribution in [0.4, 0.5) is 5.69 Å². The van der Waals surface area contributed by atoms with Gasteiger partial charge in [0.25, 0.3) is 0 Å². The standard InChI is InChI=1S/C24H33NO2/c1-8-16-9-11-18(12-10-16)25-21(26)15-17-13-19(23(2,3)4)22(27)20(14-17)24(5,6)7/h9-14,27H,8,15H2,1-7H3,(H,25,26). The maximum atomic E-state index is 12.6. The summed E-state index contributed by atoms with van der Waals surface area (Å²) < 4.78 is 0. The number of phenolic OH excluding ortho intramolecular Hbond substituents is 1. The number of rotatable bonds is 4. The maximum absolute atomic E-state index is 12.6. The lowest BCUT2D eigenvalue weighted by Crippen LogP contribution is -2.20. The lowest BCUT2D eigenvalue weighted by atomic mass is 9.78. The molecule has 2 N–H and O–H groups in total. The Kier molecular flexibility index (Phi) is 6.04. The van der Waals surface area contributed by atoms with Gasteiger partial charge in [0.1, 0.15) is 5.75 Å². The molecule has 27 heavy (non-hydrogen) atoms. The molecule has 3 nitrogen and oxygen atoms in total. The monoisotopic (exact) mass is 367 g/mol. The summed E-state index contributed by atoms with van der Waals surface area (Å²) in [4.78, 5) is 12.6. The van der Waals surface area contributed by atoms with Crippen LogP contribution >= 0.6 is 0 Å². The number of anilines is 1. The Morgan fingerprint density at radius 3 is 1.78 bits per heavy atom. The van der Waals surface area contributed by atoms with E-state index in [1.54, 1.807) is 0 Å². The number of aryl methyl sites for hydroxylation is 1. The molecular weight excluding hydrogens is 334 g/mol. The molecule has 0 heterocycles. The molecule has 2 aromatic carbocycles. The molecule has 0 fully saturated rings. The van der Waals surface area contributed by atoms with Gasteiger partial charge in [-0.05, 0) is 51.6 Å². The molecule has 1 amide bonds. The normalized spacial score (nSPS) is 12.1. The molecule has 0 aliphatic rings. The number of amides is 1. The Hall–Kier alpha value is -2.29. The largest absolute Gasteiger partial charge is 0.507 e. The average Bonchev–Trinajstić information content (AvgIpc) is 2.55. The van der Waals surface area contributed by atoms with E-state index in [0.717, 1.165) is 28.8 Å². The number of carbonyl (C=O) groups excluding carboxylic acids is 1. The fraction of sp³-hybridized carbons (Fsp3) is 0.458. The Morgan fingerprint density at radius 1 is 0.889 bits per heavy atom. The molecule has 2 aromatic rings. The van der Waals surface area contributed by atoms with Crippen molar-refractivity contribution < 1.29 is 9.90 Å². The van der Waals surface area contributed by atoms with Gasteiger partial charge in [-0.2, -0.15) is 0 Å². The summed E-state index contributed by atoms with van der Waals surface area (Å²) in [5.74, 6) is 0.291. The van der Waals surface area contributed by atoms with Gasteiger partial charge in [-0.1, -0.05) is 72.7 Å². The van der Waals surface area contributed by atoms with Crippen LogP contribution in [0.25, 0.3) is 0 Å². The lowest BCUT2D eigenvalue weighted by molar-refractivity contribution is -0.115. The third-order valence-electron chi connectivity index (χ3n) is 4.80. The predicted octanol–water partition coefficient (Wildman–Crippen LogP) is 5.73. The number of phenols is 1. The zero-order valence-electron chi connectivity index (χ0n) is 17.7. The van der Waals surface area contributed by atoms with Crippen molar-refractivity contribution in [2.24, 2.45) is 0 Å². The molecule has 0 aliphatic carbocycles. The predicted molar refractivity (Wildman–Crippen MR) is 114 cm³/mol. The number of aromatic hydroxyl groups is 1. The molecule has 146 valence electrons.